The molecule has 0 saturated heterocycles. The molecule has 9 aromatic rings. The molecule has 1 aliphatic heterocycles. The number of ether oxygens (including phenoxy) is 15. The van der Waals surface area contributed by atoms with Crippen LogP contribution in [-0.2, 0) is 101 Å². The largest absolute Gasteiger partial charge is 0.511 e. The predicted molar refractivity (Wildman–Crippen MR) is 549 cm³/mol. The summed E-state index contributed by atoms with van der Waals surface area (Å²) in [6.07, 6.45) is 2.12. The first kappa shape index (κ1) is 117. The molecular weight excluding hydrogens is 1800 g/mol. The molecule has 756 valence electrons. The van der Waals surface area contributed by atoms with Crippen molar-refractivity contribution in [1.82, 2.24) is 0 Å². The first-order valence-electron chi connectivity index (χ1n) is 47.3. The van der Waals surface area contributed by atoms with Gasteiger partial charge in [0.15, 0.2) is 11.5 Å². The van der Waals surface area contributed by atoms with Crippen LogP contribution in [0.4, 0.5) is 4.79 Å². The number of rotatable bonds is 29. The van der Waals surface area contributed by atoms with Crippen LogP contribution in [0, 0.1) is 41.5 Å². The van der Waals surface area contributed by atoms with E-state index in [9.17, 15) is 33.6 Å². The van der Waals surface area contributed by atoms with Crippen molar-refractivity contribution in [2.24, 2.45) is 0 Å². The van der Waals surface area contributed by atoms with E-state index in [2.05, 4.69) is 142 Å². The maximum Gasteiger partial charge on any atom is 0.511 e. The molecule has 0 N–H and O–H groups in total. The number of carbonyl (C=O) groups excluding carboxylic acids is 7. The number of hydrogen-bond acceptors (Lipinski definition) is 22. The van der Waals surface area contributed by atoms with E-state index >= 15 is 0 Å². The van der Waals surface area contributed by atoms with Crippen LogP contribution in [0.15, 0.2) is 176 Å². The van der Waals surface area contributed by atoms with E-state index in [1.54, 1.807) is 52.5 Å². The molecule has 2 aliphatic rings. The first-order valence-corrected chi connectivity index (χ1v) is 48.1. The molecule has 0 aromatic heterocycles. The minimum atomic E-state index is -1.01. The second kappa shape index (κ2) is 54.0. The molecule has 0 bridgehead atoms. The van der Waals surface area contributed by atoms with Crippen LogP contribution >= 0.6 is 23.2 Å². The molecule has 1 saturated carbocycles. The zero-order chi connectivity index (χ0) is 104. The molecular formula is C115H150Cl2O22. The van der Waals surface area contributed by atoms with Gasteiger partial charge in [-0.2, -0.15) is 0 Å². The lowest BCUT2D eigenvalue weighted by Crippen LogP contribution is -2.30. The normalized spacial score (nSPS) is 12.8. The second-order valence-electron chi connectivity index (χ2n) is 40.9. The van der Waals surface area contributed by atoms with Crippen molar-refractivity contribution in [3.8, 4) is 17.2 Å². The van der Waals surface area contributed by atoms with Crippen molar-refractivity contribution in [1.29, 1.82) is 0 Å². The molecule has 0 spiro atoms. The van der Waals surface area contributed by atoms with Crippen molar-refractivity contribution in [2.45, 2.75) is 263 Å². The lowest BCUT2D eigenvalue weighted by molar-refractivity contribution is -0.0812. The SMILES string of the molecule is CCOC(=O)OC(C)OC(=O)c1ccc(C(C)(C)C)c(C)c1.COCC(COC)OC(=O)c1ccc(C(C)(C)C)c(C)c1.COCCOCCOC(=O)c1ccc(C(C)(C)C)c(C)c1.Cc1cc(C(=O)OCC2(c3cccc(Cl)c3)CCCC2)ccc1C(C)(C)C.Cc1cc(C(=O)OCCOc2ccccc2Cl)ccc1C(C)(C)C.Cc1cc(C(=O)OCc2ccc3c(c2)OCO3)ccc1C(C)(C)C. The minimum absolute atomic E-state index is 0.00678. The summed E-state index contributed by atoms with van der Waals surface area (Å²) in [5.41, 5.74) is 19.4. The number of hydrogen-bond donors (Lipinski definition) is 0. The zero-order valence-electron chi connectivity index (χ0n) is 87.4. The smallest absolute Gasteiger partial charge is 0.488 e. The van der Waals surface area contributed by atoms with E-state index in [1.165, 1.54) is 45.9 Å². The Morgan fingerprint density at radius 1 is 0.374 bits per heavy atom. The minimum Gasteiger partial charge on any atom is -0.488 e. The summed E-state index contributed by atoms with van der Waals surface area (Å²) in [4.78, 5) is 84.5. The lowest BCUT2D eigenvalue weighted by atomic mass is 9.79. The van der Waals surface area contributed by atoms with Gasteiger partial charge in [0, 0.05) is 38.7 Å². The van der Waals surface area contributed by atoms with E-state index in [0.717, 1.165) is 75.4 Å². The van der Waals surface area contributed by atoms with E-state index in [1.807, 2.05) is 180 Å². The maximum absolute atomic E-state index is 12.7. The Kier molecular flexibility index (Phi) is 45.3. The van der Waals surface area contributed by atoms with Crippen molar-refractivity contribution in [3.63, 3.8) is 0 Å². The van der Waals surface area contributed by atoms with Gasteiger partial charge in [0.1, 0.15) is 44.9 Å². The Bertz CT molecular complexity index is 5520. The number of methoxy groups -OCH3 is 3. The van der Waals surface area contributed by atoms with Gasteiger partial charge in [-0.15, -0.1) is 0 Å². The molecule has 0 radical (unpaired) electrons. The van der Waals surface area contributed by atoms with Gasteiger partial charge >= 0.3 is 42.0 Å². The predicted octanol–water partition coefficient (Wildman–Crippen LogP) is 26.4. The van der Waals surface area contributed by atoms with E-state index in [-0.39, 0.29) is 108 Å². The molecule has 1 heterocycles. The van der Waals surface area contributed by atoms with Crippen LogP contribution < -0.4 is 14.2 Å². The number of benzene rings is 9. The van der Waals surface area contributed by atoms with Gasteiger partial charge in [-0.05, 0) is 281 Å². The standard InChI is InChI=1S/C24H29ClO2.C20H23ClO3.C20H22O4.C17H24O5.2C17H26O4/c1-17-14-18(10-11-21(17)23(2,3)4)22(26)27-16-24(12-5-6-13-24)19-8-7-9-20(25)15-19;1-14-13-15(9-10-16(14)20(2,3)4)19(22)24-12-11-23-18-8-6-5-7-17(18)21;1-13-9-15(6-7-16(13)20(2,3)4)19(21)22-11-14-5-8-17-18(10-14)24-12-23-17;1-7-20-16(19)22-12(3)21-15(18)13-8-9-14(11(2)10-13)17(4,5)6;1-12-9-13(7-8-15(12)17(2,3)4)16(18)21-14(10-19-5)11-20-6;1-13-12-14(6-7-15(13)17(2,3)4)16(18)21-11-10-20-9-8-19-5/h7-11,14-15H,5-6,12-13,16H2,1-4H3;5-10,13H,11-12H2,1-4H3;5-10H,11-12H2,1-4H3;8-10,12H,7H2,1-6H3;7-9,14H,10-11H2,1-6H3;6-7,12H,8-11H2,1-5H3. The number of esters is 6. The summed E-state index contributed by atoms with van der Waals surface area (Å²) >= 11 is 12.2. The topological polar surface area (TPSA) is 258 Å². The van der Waals surface area contributed by atoms with Gasteiger partial charge in [0.2, 0.25) is 13.1 Å². The highest BCUT2D eigenvalue weighted by Crippen LogP contribution is 2.43. The fraction of sp³-hybridized carbons (Fsp3) is 0.470. The first-order chi connectivity index (χ1) is 65.1. The van der Waals surface area contributed by atoms with Crippen LogP contribution in [0.3, 0.4) is 0 Å². The summed E-state index contributed by atoms with van der Waals surface area (Å²) in [5, 5.41) is 1.27. The van der Waals surface area contributed by atoms with E-state index in [4.69, 9.17) is 89.5 Å². The van der Waals surface area contributed by atoms with Gasteiger partial charge in [-0.3, -0.25) is 0 Å². The number of aryl methyl sites for hydroxylation is 6. The summed E-state index contributed by atoms with van der Waals surface area (Å²) in [5.74, 6) is -0.121. The summed E-state index contributed by atoms with van der Waals surface area (Å²) < 4.78 is 77.8. The molecule has 22 nitrogen and oxygen atoms in total. The third-order valence-corrected chi connectivity index (χ3v) is 23.5. The molecule has 1 aliphatic carbocycles. The van der Waals surface area contributed by atoms with Crippen LogP contribution in [0.2, 0.25) is 10.0 Å². The van der Waals surface area contributed by atoms with Crippen molar-refractivity contribution >= 4 is 65.2 Å². The van der Waals surface area contributed by atoms with Crippen molar-refractivity contribution < 1.29 is 105 Å². The molecule has 11 rings (SSSR count). The van der Waals surface area contributed by atoms with Gasteiger partial charge in [0.05, 0.1) is 78.0 Å². The van der Waals surface area contributed by atoms with Crippen LogP contribution in [0.1, 0.15) is 304 Å². The van der Waals surface area contributed by atoms with Gasteiger partial charge in [-0.25, -0.2) is 33.6 Å². The number of carbonyl (C=O) groups is 7. The Hall–Kier alpha value is -11.1. The van der Waals surface area contributed by atoms with Crippen LogP contribution in [0.5, 0.6) is 17.2 Å². The monoisotopic (exact) mass is 1950 g/mol. The van der Waals surface area contributed by atoms with Crippen molar-refractivity contribution in [2.75, 3.05) is 94.2 Å². The third kappa shape index (κ3) is 37.8. The van der Waals surface area contributed by atoms with Crippen molar-refractivity contribution in [3.05, 3.63) is 297 Å². The summed E-state index contributed by atoms with van der Waals surface area (Å²) in [7, 11) is 4.75. The van der Waals surface area contributed by atoms with Gasteiger partial charge < -0.3 is 71.1 Å². The summed E-state index contributed by atoms with van der Waals surface area (Å²) in [6, 6.07) is 54.8. The Morgan fingerprint density at radius 3 is 1.14 bits per heavy atom. The maximum atomic E-state index is 12.7. The molecule has 0 amide bonds. The number of halogens is 2. The van der Waals surface area contributed by atoms with Crippen LogP contribution in [-0.4, -0.2) is 149 Å². The molecule has 1 fully saturated rings. The average Bonchev–Trinajstić information content (AvgIpc) is 1.69. The molecule has 139 heavy (non-hydrogen) atoms. The average molecular weight is 1960 g/mol. The van der Waals surface area contributed by atoms with Gasteiger partial charge in [0.25, 0.3) is 0 Å². The molecule has 1 atom stereocenters. The Balaban J connectivity index is 0.000000256. The Labute approximate surface area is 836 Å². The lowest BCUT2D eigenvalue weighted by Gasteiger charge is -2.29. The third-order valence-electron chi connectivity index (χ3n) is 23.0. The van der Waals surface area contributed by atoms with Crippen LogP contribution in [0.25, 0.3) is 0 Å². The zero-order valence-corrected chi connectivity index (χ0v) is 89.0. The number of fused-ring (bicyclic) bond motifs is 1. The van der Waals surface area contributed by atoms with E-state index in [0.29, 0.717) is 89.5 Å². The molecule has 1 unspecified atom stereocenters. The Morgan fingerprint density at radius 2 is 0.755 bits per heavy atom. The quantitative estimate of drug-likeness (QED) is 0.0183. The fourth-order valence-corrected chi connectivity index (χ4v) is 16.8. The second-order valence-corrected chi connectivity index (χ2v) is 41.7. The highest BCUT2D eigenvalue weighted by Gasteiger charge is 2.38. The highest BCUT2D eigenvalue weighted by molar-refractivity contribution is 6.32. The summed E-state index contributed by atoms with van der Waals surface area (Å²) in [6.45, 7) is 57.8. The van der Waals surface area contributed by atoms with E-state index < -0.39 is 24.5 Å². The molecule has 24 heteroatoms. The fourth-order valence-electron chi connectivity index (χ4n) is 16.4. The molecule has 9 aromatic carbocycles. The number of para-hydroxylation sites is 1. The van der Waals surface area contributed by atoms with Gasteiger partial charge in [-0.1, -0.05) is 227 Å². The highest BCUT2D eigenvalue weighted by atomic mass is 35.5.